The number of amides is 1. The Kier molecular flexibility index (Phi) is 6.47. The number of nitrogens with one attached hydrogen (secondary N) is 1. The number of hydrogen-bond acceptors (Lipinski definition) is 2. The van der Waals surface area contributed by atoms with E-state index in [0.717, 1.165) is 34.5 Å². The Morgan fingerprint density at radius 1 is 0.969 bits per heavy atom. The lowest BCUT2D eigenvalue weighted by atomic mass is 10.1. The monoisotopic (exact) mass is 430 g/mol. The molecule has 0 saturated heterocycles. The van der Waals surface area contributed by atoms with Crippen molar-refractivity contribution in [1.82, 2.24) is 9.47 Å². The van der Waals surface area contributed by atoms with Crippen LogP contribution in [0, 0.1) is 13.8 Å². The SMILES string of the molecule is Cc1ccc(Cn2c(C(=O)N(CC[NH+](C)C)Cc3ccccc3)cc3oc(C)cc32)cc1. The third-order valence-electron chi connectivity index (χ3n) is 5.78. The Balaban J connectivity index is 1.70. The van der Waals surface area contributed by atoms with Gasteiger partial charge in [0.1, 0.15) is 11.5 Å². The highest BCUT2D eigenvalue weighted by molar-refractivity contribution is 5.97. The lowest BCUT2D eigenvalue weighted by Gasteiger charge is -2.24. The average Bonchev–Trinajstić information content (AvgIpc) is 3.29. The number of hydrogen-bond donors (Lipinski definition) is 1. The van der Waals surface area contributed by atoms with Crippen molar-refractivity contribution in [3.8, 4) is 0 Å². The van der Waals surface area contributed by atoms with Crippen LogP contribution in [-0.2, 0) is 13.1 Å². The molecule has 166 valence electrons. The van der Waals surface area contributed by atoms with Crippen LogP contribution in [0.4, 0.5) is 0 Å². The van der Waals surface area contributed by atoms with Crippen molar-refractivity contribution >= 4 is 17.0 Å². The first-order chi connectivity index (χ1) is 15.4. The summed E-state index contributed by atoms with van der Waals surface area (Å²) in [6, 6.07) is 22.6. The maximum absolute atomic E-state index is 13.8. The molecule has 2 aromatic carbocycles. The molecule has 2 aromatic heterocycles. The number of likely N-dealkylation sites (N-methyl/N-ethyl adjacent to an activating group) is 1. The van der Waals surface area contributed by atoms with Gasteiger partial charge in [-0.3, -0.25) is 4.79 Å². The first-order valence-corrected chi connectivity index (χ1v) is 11.2. The molecule has 0 aliphatic heterocycles. The van der Waals surface area contributed by atoms with Gasteiger partial charge in [0.2, 0.25) is 0 Å². The zero-order chi connectivity index (χ0) is 22.7. The number of nitrogens with zero attached hydrogens (tertiary/aromatic N) is 2. The van der Waals surface area contributed by atoms with Gasteiger partial charge in [-0.2, -0.15) is 0 Å². The fourth-order valence-corrected chi connectivity index (χ4v) is 3.97. The standard InChI is InChI=1S/C27H31N3O2/c1-20-10-12-23(13-11-20)19-30-24-16-21(2)32-26(24)17-25(30)27(31)29(15-14-28(3)4)18-22-8-6-5-7-9-22/h5-13,16-17H,14-15,18-19H2,1-4H3/p+1. The molecule has 0 unspecified atom stereocenters. The summed E-state index contributed by atoms with van der Waals surface area (Å²) in [5, 5.41) is 0. The topological polar surface area (TPSA) is 42.8 Å². The van der Waals surface area contributed by atoms with Crippen LogP contribution in [0.5, 0.6) is 0 Å². The van der Waals surface area contributed by atoms with Gasteiger partial charge in [-0.25, -0.2) is 0 Å². The molecule has 4 aromatic rings. The van der Waals surface area contributed by atoms with Crippen LogP contribution in [0.3, 0.4) is 0 Å². The molecule has 1 N–H and O–H groups in total. The van der Waals surface area contributed by atoms with Crippen LogP contribution >= 0.6 is 0 Å². The highest BCUT2D eigenvalue weighted by Crippen LogP contribution is 2.26. The van der Waals surface area contributed by atoms with Gasteiger partial charge in [0.25, 0.3) is 5.91 Å². The Labute approximate surface area is 189 Å². The molecule has 0 atom stereocenters. The second-order valence-corrected chi connectivity index (χ2v) is 8.88. The number of benzene rings is 2. The smallest absolute Gasteiger partial charge is 0.271 e. The van der Waals surface area contributed by atoms with Gasteiger partial charge in [-0.05, 0) is 25.0 Å². The Bertz CT molecular complexity index is 1190. The molecular formula is C27H32N3O2+. The summed E-state index contributed by atoms with van der Waals surface area (Å²) in [5.41, 5.74) is 5.91. The van der Waals surface area contributed by atoms with E-state index in [9.17, 15) is 4.79 Å². The number of quaternary nitrogens is 1. The normalized spacial score (nSPS) is 11.4. The minimum Gasteiger partial charge on any atom is -0.460 e. The van der Waals surface area contributed by atoms with Crippen molar-refractivity contribution in [3.05, 3.63) is 94.9 Å². The lowest BCUT2D eigenvalue weighted by molar-refractivity contribution is -0.857. The van der Waals surface area contributed by atoms with E-state index in [0.29, 0.717) is 25.3 Å². The molecule has 0 bridgehead atoms. The van der Waals surface area contributed by atoms with Crippen LogP contribution in [0.25, 0.3) is 11.1 Å². The van der Waals surface area contributed by atoms with Crippen molar-refractivity contribution < 1.29 is 14.1 Å². The van der Waals surface area contributed by atoms with E-state index < -0.39 is 0 Å². The van der Waals surface area contributed by atoms with E-state index in [1.807, 2.05) is 42.2 Å². The van der Waals surface area contributed by atoms with Crippen LogP contribution in [0.2, 0.25) is 0 Å². The quantitative estimate of drug-likeness (QED) is 0.463. The summed E-state index contributed by atoms with van der Waals surface area (Å²) in [6.07, 6.45) is 0. The zero-order valence-electron chi connectivity index (χ0n) is 19.4. The number of carbonyl (C=O) groups excluding carboxylic acids is 1. The molecule has 0 radical (unpaired) electrons. The molecule has 0 saturated carbocycles. The highest BCUT2D eigenvalue weighted by atomic mass is 16.3. The number of furan rings is 1. The van der Waals surface area contributed by atoms with Gasteiger partial charge in [0, 0.05) is 25.2 Å². The summed E-state index contributed by atoms with van der Waals surface area (Å²) in [6.45, 7) is 6.81. The van der Waals surface area contributed by atoms with Crippen LogP contribution in [0.1, 0.15) is 32.9 Å². The second kappa shape index (κ2) is 9.45. The summed E-state index contributed by atoms with van der Waals surface area (Å²) in [5.74, 6) is 0.885. The van der Waals surface area contributed by atoms with E-state index >= 15 is 0 Å². The summed E-state index contributed by atoms with van der Waals surface area (Å²) in [4.78, 5) is 17.1. The molecule has 4 rings (SSSR count). The van der Waals surface area contributed by atoms with Gasteiger partial charge in [0.15, 0.2) is 5.58 Å². The molecule has 0 aliphatic carbocycles. The van der Waals surface area contributed by atoms with E-state index in [1.165, 1.54) is 10.5 Å². The molecule has 0 spiro atoms. The Morgan fingerprint density at radius 3 is 2.38 bits per heavy atom. The van der Waals surface area contributed by atoms with Crippen LogP contribution < -0.4 is 4.90 Å². The van der Waals surface area contributed by atoms with E-state index in [1.54, 1.807) is 0 Å². The van der Waals surface area contributed by atoms with Crippen molar-refractivity contribution in [2.45, 2.75) is 26.9 Å². The summed E-state index contributed by atoms with van der Waals surface area (Å²) >= 11 is 0. The molecule has 1 amide bonds. The second-order valence-electron chi connectivity index (χ2n) is 8.88. The number of aromatic nitrogens is 1. The van der Waals surface area contributed by atoms with Crippen molar-refractivity contribution in [2.75, 3.05) is 27.2 Å². The maximum atomic E-state index is 13.8. The first kappa shape index (κ1) is 21.9. The van der Waals surface area contributed by atoms with Crippen molar-refractivity contribution in [1.29, 1.82) is 0 Å². The van der Waals surface area contributed by atoms with E-state index in [-0.39, 0.29) is 5.91 Å². The molecule has 2 heterocycles. The average molecular weight is 431 g/mol. The third-order valence-corrected chi connectivity index (χ3v) is 5.78. The number of aryl methyl sites for hydroxylation is 2. The van der Waals surface area contributed by atoms with Gasteiger partial charge in [-0.15, -0.1) is 0 Å². The Hall–Kier alpha value is -3.31. The van der Waals surface area contributed by atoms with Crippen LogP contribution in [-0.4, -0.2) is 42.6 Å². The summed E-state index contributed by atoms with van der Waals surface area (Å²) in [7, 11) is 4.22. The minimum absolute atomic E-state index is 0.0336. The molecule has 0 fully saturated rings. The number of carbonyl (C=O) groups is 1. The predicted molar refractivity (Wildman–Crippen MR) is 128 cm³/mol. The van der Waals surface area contributed by atoms with Crippen molar-refractivity contribution in [2.24, 2.45) is 0 Å². The number of rotatable bonds is 8. The first-order valence-electron chi connectivity index (χ1n) is 11.2. The van der Waals surface area contributed by atoms with E-state index in [2.05, 4.69) is 62.0 Å². The van der Waals surface area contributed by atoms with Gasteiger partial charge >= 0.3 is 0 Å². The van der Waals surface area contributed by atoms with Crippen molar-refractivity contribution in [3.63, 3.8) is 0 Å². The fourth-order valence-electron chi connectivity index (χ4n) is 3.97. The maximum Gasteiger partial charge on any atom is 0.271 e. The third kappa shape index (κ3) is 4.94. The highest BCUT2D eigenvalue weighted by Gasteiger charge is 2.24. The lowest BCUT2D eigenvalue weighted by Crippen LogP contribution is -3.06. The number of fused-ring (bicyclic) bond motifs is 1. The van der Waals surface area contributed by atoms with E-state index in [4.69, 9.17) is 4.42 Å². The molecule has 32 heavy (non-hydrogen) atoms. The van der Waals surface area contributed by atoms with Gasteiger partial charge in [-0.1, -0.05) is 60.2 Å². The van der Waals surface area contributed by atoms with Crippen LogP contribution in [0.15, 0.2) is 71.1 Å². The molecule has 5 heteroatoms. The minimum atomic E-state index is 0.0336. The zero-order valence-corrected chi connectivity index (χ0v) is 19.4. The molecule has 0 aliphatic rings. The molecular weight excluding hydrogens is 398 g/mol. The fraction of sp³-hybridized carbons (Fsp3) is 0.296. The summed E-state index contributed by atoms with van der Waals surface area (Å²) < 4.78 is 7.99. The Morgan fingerprint density at radius 2 is 1.69 bits per heavy atom. The van der Waals surface area contributed by atoms with Gasteiger partial charge < -0.3 is 18.8 Å². The van der Waals surface area contributed by atoms with Gasteiger partial charge in [0.05, 0.1) is 32.7 Å². The molecule has 5 nitrogen and oxygen atoms in total. The predicted octanol–water partition coefficient (Wildman–Crippen LogP) is 3.69. The largest absolute Gasteiger partial charge is 0.460 e.